The molecule has 1 saturated heterocycles. The van der Waals surface area contributed by atoms with E-state index in [1.54, 1.807) is 48.0 Å². The van der Waals surface area contributed by atoms with Gasteiger partial charge in [0, 0.05) is 22.7 Å². The number of para-hydroxylation sites is 2. The van der Waals surface area contributed by atoms with E-state index >= 15 is 0 Å². The molecule has 2 heterocycles. The molecule has 1 aliphatic rings. The van der Waals surface area contributed by atoms with Crippen LogP contribution in [0.15, 0.2) is 66.5 Å². The zero-order valence-electron chi connectivity index (χ0n) is 15.8. The Bertz CT molecular complexity index is 1130. The molecule has 0 saturated carbocycles. The number of benzene rings is 2. The number of amides is 3. The number of esters is 1. The van der Waals surface area contributed by atoms with E-state index < -0.39 is 11.9 Å². The van der Waals surface area contributed by atoms with E-state index in [2.05, 4.69) is 5.32 Å². The number of imide groups is 1. The molecule has 0 atom stereocenters. The SMILES string of the molecule is CCOC(=O)Cn1cc(C=C2NC(=O)N(c3ccccc3)C2=O)c2ccccc21. The van der Waals surface area contributed by atoms with Crippen LogP contribution in [0.3, 0.4) is 0 Å². The third kappa shape index (κ3) is 3.50. The van der Waals surface area contributed by atoms with Crippen LogP contribution in [-0.4, -0.2) is 29.1 Å². The lowest BCUT2D eigenvalue weighted by Crippen LogP contribution is -2.30. The second kappa shape index (κ2) is 7.63. The Morgan fingerprint density at radius 3 is 2.55 bits per heavy atom. The van der Waals surface area contributed by atoms with Crippen LogP contribution in [0.1, 0.15) is 12.5 Å². The molecule has 4 rings (SSSR count). The largest absolute Gasteiger partial charge is 0.465 e. The Labute approximate surface area is 167 Å². The van der Waals surface area contributed by atoms with Crippen LogP contribution in [0, 0.1) is 0 Å². The molecule has 3 amide bonds. The number of ether oxygens (including phenoxy) is 1. The zero-order chi connectivity index (χ0) is 20.4. The Morgan fingerprint density at radius 2 is 1.79 bits per heavy atom. The molecule has 29 heavy (non-hydrogen) atoms. The molecular formula is C22H19N3O4. The van der Waals surface area contributed by atoms with Gasteiger partial charge in [-0.1, -0.05) is 36.4 Å². The van der Waals surface area contributed by atoms with Crippen LogP contribution in [-0.2, 0) is 20.9 Å². The van der Waals surface area contributed by atoms with Gasteiger partial charge in [0.1, 0.15) is 12.2 Å². The molecule has 0 bridgehead atoms. The van der Waals surface area contributed by atoms with Crippen LogP contribution in [0.2, 0.25) is 0 Å². The Hall–Kier alpha value is -3.87. The van der Waals surface area contributed by atoms with Gasteiger partial charge in [-0.15, -0.1) is 0 Å². The van der Waals surface area contributed by atoms with Gasteiger partial charge in [0.2, 0.25) is 0 Å². The van der Waals surface area contributed by atoms with Gasteiger partial charge in [-0.3, -0.25) is 9.59 Å². The fourth-order valence-corrected chi connectivity index (χ4v) is 3.37. The van der Waals surface area contributed by atoms with Gasteiger partial charge in [-0.05, 0) is 31.2 Å². The number of aromatic nitrogens is 1. The maximum absolute atomic E-state index is 12.8. The van der Waals surface area contributed by atoms with E-state index in [-0.39, 0.29) is 18.2 Å². The number of anilines is 1. The summed E-state index contributed by atoms with van der Waals surface area (Å²) in [6.45, 7) is 2.13. The number of carbonyl (C=O) groups is 3. The van der Waals surface area contributed by atoms with Gasteiger partial charge in [-0.25, -0.2) is 9.69 Å². The average molecular weight is 389 g/mol. The second-order valence-corrected chi connectivity index (χ2v) is 6.50. The molecule has 2 aromatic carbocycles. The van der Waals surface area contributed by atoms with Crippen molar-refractivity contribution in [1.82, 2.24) is 9.88 Å². The van der Waals surface area contributed by atoms with Gasteiger partial charge >= 0.3 is 12.0 Å². The quantitative estimate of drug-likeness (QED) is 0.412. The monoisotopic (exact) mass is 389 g/mol. The number of urea groups is 1. The lowest BCUT2D eigenvalue weighted by molar-refractivity contribution is -0.143. The highest BCUT2D eigenvalue weighted by Crippen LogP contribution is 2.26. The molecule has 3 aromatic rings. The predicted molar refractivity (Wildman–Crippen MR) is 109 cm³/mol. The minimum atomic E-state index is -0.497. The summed E-state index contributed by atoms with van der Waals surface area (Å²) in [7, 11) is 0. The lowest BCUT2D eigenvalue weighted by Gasteiger charge is -2.10. The maximum Gasteiger partial charge on any atom is 0.333 e. The second-order valence-electron chi connectivity index (χ2n) is 6.50. The third-order valence-corrected chi connectivity index (χ3v) is 4.62. The number of rotatable bonds is 5. The van der Waals surface area contributed by atoms with Crippen molar-refractivity contribution in [2.45, 2.75) is 13.5 Å². The van der Waals surface area contributed by atoms with Crippen molar-refractivity contribution >= 4 is 40.6 Å². The highest BCUT2D eigenvalue weighted by Gasteiger charge is 2.34. The molecule has 0 spiro atoms. The molecule has 1 fully saturated rings. The fourth-order valence-electron chi connectivity index (χ4n) is 3.37. The lowest BCUT2D eigenvalue weighted by atomic mass is 10.1. The molecule has 0 aliphatic carbocycles. The van der Waals surface area contributed by atoms with Crippen molar-refractivity contribution in [3.63, 3.8) is 0 Å². The molecule has 1 aromatic heterocycles. The van der Waals surface area contributed by atoms with Crippen LogP contribution in [0.5, 0.6) is 0 Å². The molecule has 146 valence electrons. The summed E-state index contributed by atoms with van der Waals surface area (Å²) in [5.74, 6) is -0.767. The van der Waals surface area contributed by atoms with Crippen LogP contribution in [0.4, 0.5) is 10.5 Å². The molecule has 0 unspecified atom stereocenters. The number of nitrogens with one attached hydrogen (secondary N) is 1. The minimum absolute atomic E-state index is 0.0635. The molecule has 0 radical (unpaired) electrons. The predicted octanol–water partition coefficient (Wildman–Crippen LogP) is 3.30. The van der Waals surface area contributed by atoms with Gasteiger partial charge in [0.15, 0.2) is 0 Å². The van der Waals surface area contributed by atoms with E-state index in [9.17, 15) is 14.4 Å². The summed E-state index contributed by atoms with van der Waals surface area (Å²) in [4.78, 5) is 38.2. The highest BCUT2D eigenvalue weighted by molar-refractivity contribution is 6.28. The summed E-state index contributed by atoms with van der Waals surface area (Å²) >= 11 is 0. The first-order valence-corrected chi connectivity index (χ1v) is 9.24. The van der Waals surface area contributed by atoms with Crippen LogP contribution < -0.4 is 10.2 Å². The Balaban J connectivity index is 1.70. The summed E-state index contributed by atoms with van der Waals surface area (Å²) < 4.78 is 6.81. The van der Waals surface area contributed by atoms with Gasteiger partial charge < -0.3 is 14.6 Å². The van der Waals surface area contributed by atoms with Crippen LogP contribution in [0.25, 0.3) is 17.0 Å². The third-order valence-electron chi connectivity index (χ3n) is 4.62. The first-order valence-electron chi connectivity index (χ1n) is 9.24. The molecular weight excluding hydrogens is 370 g/mol. The number of nitrogens with zero attached hydrogens (tertiary/aromatic N) is 2. The standard InChI is InChI=1S/C22H19N3O4/c1-2-29-20(26)14-24-13-15(17-10-6-7-11-19(17)24)12-18-21(27)25(22(28)23-18)16-8-4-3-5-9-16/h3-13H,2,14H2,1H3,(H,23,28). The normalized spacial score (nSPS) is 15.2. The Morgan fingerprint density at radius 1 is 1.07 bits per heavy atom. The maximum atomic E-state index is 12.8. The fraction of sp³-hybridized carbons (Fsp3) is 0.136. The van der Waals surface area contributed by atoms with E-state index in [4.69, 9.17) is 4.74 Å². The van der Waals surface area contributed by atoms with Gasteiger partial charge in [0.05, 0.1) is 12.3 Å². The topological polar surface area (TPSA) is 80.6 Å². The van der Waals surface area contributed by atoms with Crippen molar-refractivity contribution < 1.29 is 19.1 Å². The molecule has 1 N–H and O–H groups in total. The van der Waals surface area contributed by atoms with Crippen molar-refractivity contribution in [2.24, 2.45) is 0 Å². The molecule has 7 nitrogen and oxygen atoms in total. The number of carbonyl (C=O) groups excluding carboxylic acids is 3. The average Bonchev–Trinajstić information content (AvgIpc) is 3.20. The van der Waals surface area contributed by atoms with Crippen LogP contribution >= 0.6 is 0 Å². The summed E-state index contributed by atoms with van der Waals surface area (Å²) in [5.41, 5.74) is 2.24. The highest BCUT2D eigenvalue weighted by atomic mass is 16.5. The first kappa shape index (κ1) is 18.5. The minimum Gasteiger partial charge on any atom is -0.465 e. The number of fused-ring (bicyclic) bond motifs is 1. The van der Waals surface area contributed by atoms with E-state index in [1.807, 2.05) is 30.3 Å². The summed E-state index contributed by atoms with van der Waals surface area (Å²) in [5, 5.41) is 3.50. The van der Waals surface area contributed by atoms with Crippen molar-refractivity contribution in [3.05, 3.63) is 72.1 Å². The zero-order valence-corrected chi connectivity index (χ0v) is 15.8. The first-order chi connectivity index (χ1) is 14.1. The van der Waals surface area contributed by atoms with Gasteiger partial charge in [0.25, 0.3) is 5.91 Å². The van der Waals surface area contributed by atoms with E-state index in [0.29, 0.717) is 12.3 Å². The Kier molecular flexibility index (Phi) is 4.87. The molecule has 1 aliphatic heterocycles. The summed E-state index contributed by atoms with van der Waals surface area (Å²) in [6, 6.07) is 15.8. The number of hydrogen-bond acceptors (Lipinski definition) is 4. The number of hydrogen-bond donors (Lipinski definition) is 1. The summed E-state index contributed by atoms with van der Waals surface area (Å²) in [6.07, 6.45) is 3.41. The van der Waals surface area contributed by atoms with Crippen molar-refractivity contribution in [3.8, 4) is 0 Å². The van der Waals surface area contributed by atoms with E-state index in [1.165, 1.54) is 0 Å². The molecule has 7 heteroatoms. The van der Waals surface area contributed by atoms with Crippen molar-refractivity contribution in [2.75, 3.05) is 11.5 Å². The van der Waals surface area contributed by atoms with Crippen molar-refractivity contribution in [1.29, 1.82) is 0 Å². The van der Waals surface area contributed by atoms with Gasteiger partial charge in [-0.2, -0.15) is 0 Å². The van der Waals surface area contributed by atoms with E-state index in [0.717, 1.165) is 21.4 Å². The smallest absolute Gasteiger partial charge is 0.333 e.